The molecule has 0 fully saturated rings. The fourth-order valence-corrected chi connectivity index (χ4v) is 2.41. The number of ether oxygens (including phenoxy) is 2. The summed E-state index contributed by atoms with van der Waals surface area (Å²) in [6, 6.07) is 10.8. The third-order valence-corrected chi connectivity index (χ3v) is 3.78. The van der Waals surface area contributed by atoms with Crippen LogP contribution in [0.5, 0.6) is 11.5 Å². The number of halogens is 1. The van der Waals surface area contributed by atoms with Crippen LogP contribution in [-0.2, 0) is 6.42 Å². The van der Waals surface area contributed by atoms with E-state index in [4.69, 9.17) is 9.47 Å². The summed E-state index contributed by atoms with van der Waals surface area (Å²) in [6.45, 7) is 9.28. The fraction of sp³-hybridized carbons (Fsp3) is 0.400. The lowest BCUT2D eigenvalue weighted by atomic mass is 10.1. The molecule has 0 spiro atoms. The van der Waals surface area contributed by atoms with E-state index in [1.165, 1.54) is 23.3 Å². The second-order valence-corrected chi connectivity index (χ2v) is 6.10. The maximum Gasteiger partial charge on any atom is 0.123 e. The van der Waals surface area contributed by atoms with Crippen molar-refractivity contribution in [1.29, 1.82) is 0 Å². The van der Waals surface area contributed by atoms with Crippen molar-refractivity contribution in [2.24, 2.45) is 5.92 Å². The minimum absolute atomic E-state index is 0.238. The molecule has 3 heteroatoms. The van der Waals surface area contributed by atoms with Crippen LogP contribution in [0.4, 0.5) is 4.39 Å². The van der Waals surface area contributed by atoms with Crippen LogP contribution in [-0.4, -0.2) is 13.2 Å². The molecule has 0 aliphatic rings. The normalized spacial score (nSPS) is 12.0. The van der Waals surface area contributed by atoms with Crippen LogP contribution in [0.15, 0.2) is 36.4 Å². The fourth-order valence-electron chi connectivity index (χ4n) is 2.41. The van der Waals surface area contributed by atoms with Gasteiger partial charge in [0.05, 0.1) is 13.2 Å². The van der Waals surface area contributed by atoms with Crippen molar-refractivity contribution in [2.45, 2.75) is 34.1 Å². The highest BCUT2D eigenvalue weighted by Gasteiger charge is 2.09. The summed E-state index contributed by atoms with van der Waals surface area (Å²) in [5.74, 6) is 1.67. The highest BCUT2D eigenvalue weighted by Crippen LogP contribution is 2.22. The van der Waals surface area contributed by atoms with Crippen molar-refractivity contribution in [3.05, 3.63) is 58.9 Å². The highest BCUT2D eigenvalue weighted by atomic mass is 19.1. The molecule has 2 rings (SSSR count). The maximum atomic E-state index is 13.1. The number of hydrogen-bond donors (Lipinski definition) is 0. The van der Waals surface area contributed by atoms with Crippen LogP contribution in [0.25, 0.3) is 0 Å². The Morgan fingerprint density at radius 2 is 1.61 bits per heavy atom. The van der Waals surface area contributed by atoms with Gasteiger partial charge >= 0.3 is 0 Å². The van der Waals surface area contributed by atoms with Gasteiger partial charge in [0.25, 0.3) is 0 Å². The van der Waals surface area contributed by atoms with Crippen molar-refractivity contribution in [3.63, 3.8) is 0 Å². The first-order chi connectivity index (χ1) is 11.0. The Morgan fingerprint density at radius 1 is 0.957 bits per heavy atom. The van der Waals surface area contributed by atoms with Gasteiger partial charge < -0.3 is 9.47 Å². The van der Waals surface area contributed by atoms with E-state index in [0.29, 0.717) is 13.2 Å². The van der Waals surface area contributed by atoms with E-state index in [1.54, 1.807) is 6.07 Å². The smallest absolute Gasteiger partial charge is 0.123 e. The predicted molar refractivity (Wildman–Crippen MR) is 91.8 cm³/mol. The minimum atomic E-state index is -0.238. The Balaban J connectivity index is 1.86. The van der Waals surface area contributed by atoms with Gasteiger partial charge in [0, 0.05) is 5.92 Å². The summed E-state index contributed by atoms with van der Waals surface area (Å²) in [5.41, 5.74) is 3.29. The third-order valence-electron chi connectivity index (χ3n) is 3.78. The van der Waals surface area contributed by atoms with Crippen molar-refractivity contribution >= 4 is 0 Å². The zero-order valence-electron chi connectivity index (χ0n) is 14.4. The first-order valence-electron chi connectivity index (χ1n) is 8.11. The molecule has 1 atom stereocenters. The van der Waals surface area contributed by atoms with Gasteiger partial charge in [-0.3, -0.25) is 0 Å². The summed E-state index contributed by atoms with van der Waals surface area (Å²) in [7, 11) is 0. The van der Waals surface area contributed by atoms with E-state index >= 15 is 0 Å². The summed E-state index contributed by atoms with van der Waals surface area (Å²) >= 11 is 0. The molecule has 2 aromatic rings. The van der Waals surface area contributed by atoms with Crippen molar-refractivity contribution in [1.82, 2.24) is 0 Å². The summed E-state index contributed by atoms with van der Waals surface area (Å²) in [4.78, 5) is 0. The molecule has 0 radical (unpaired) electrons. The average Bonchev–Trinajstić information content (AvgIpc) is 2.52. The number of aryl methyl sites for hydroxylation is 3. The molecule has 0 saturated heterocycles. The molecule has 0 N–H and O–H groups in total. The minimum Gasteiger partial charge on any atom is -0.493 e. The van der Waals surface area contributed by atoms with Crippen LogP contribution in [0, 0.1) is 25.6 Å². The topological polar surface area (TPSA) is 18.5 Å². The zero-order chi connectivity index (χ0) is 16.8. The quantitative estimate of drug-likeness (QED) is 0.707. The van der Waals surface area contributed by atoms with Gasteiger partial charge in [-0.25, -0.2) is 4.39 Å². The van der Waals surface area contributed by atoms with Crippen LogP contribution < -0.4 is 9.47 Å². The largest absolute Gasteiger partial charge is 0.493 e. The molecule has 0 heterocycles. The second-order valence-electron chi connectivity index (χ2n) is 6.10. The zero-order valence-corrected chi connectivity index (χ0v) is 14.4. The third kappa shape index (κ3) is 4.98. The van der Waals surface area contributed by atoms with E-state index in [2.05, 4.69) is 32.9 Å². The van der Waals surface area contributed by atoms with Crippen LogP contribution in [0.3, 0.4) is 0 Å². The standard InChI is InChI=1S/C20H25FO2/c1-5-17-10-14(2)6-8-20(17)23-13-15(3)12-22-19-9-7-18(21)11-16(19)4/h6-11,15H,5,12-13H2,1-4H3. The SMILES string of the molecule is CCc1cc(C)ccc1OCC(C)COc1ccc(F)cc1C. The molecule has 124 valence electrons. The molecule has 0 bridgehead atoms. The Labute approximate surface area is 138 Å². The second kappa shape index (κ2) is 8.00. The van der Waals surface area contributed by atoms with Crippen LogP contribution >= 0.6 is 0 Å². The molecule has 2 aromatic carbocycles. The number of rotatable bonds is 7. The molecule has 1 unspecified atom stereocenters. The highest BCUT2D eigenvalue weighted by molar-refractivity contribution is 5.37. The maximum absolute atomic E-state index is 13.1. The molecule has 0 aliphatic heterocycles. The van der Waals surface area contributed by atoms with Gasteiger partial charge in [-0.15, -0.1) is 0 Å². The monoisotopic (exact) mass is 316 g/mol. The molecule has 23 heavy (non-hydrogen) atoms. The Kier molecular flexibility index (Phi) is 6.03. The van der Waals surface area contributed by atoms with Crippen LogP contribution in [0.1, 0.15) is 30.5 Å². The van der Waals surface area contributed by atoms with Gasteiger partial charge in [0.2, 0.25) is 0 Å². The van der Waals surface area contributed by atoms with Gasteiger partial charge in [-0.1, -0.05) is 31.5 Å². The van der Waals surface area contributed by atoms with Gasteiger partial charge in [0.15, 0.2) is 0 Å². The van der Waals surface area contributed by atoms with Crippen molar-refractivity contribution < 1.29 is 13.9 Å². The molecule has 0 saturated carbocycles. The molecular weight excluding hydrogens is 291 g/mol. The van der Waals surface area contributed by atoms with Gasteiger partial charge in [0.1, 0.15) is 17.3 Å². The predicted octanol–water partition coefficient (Wildman–Crippen LogP) is 5.10. The summed E-state index contributed by atoms with van der Waals surface area (Å²) < 4.78 is 24.8. The summed E-state index contributed by atoms with van der Waals surface area (Å²) in [5, 5.41) is 0. The van der Waals surface area contributed by atoms with Gasteiger partial charge in [-0.2, -0.15) is 0 Å². The molecule has 0 aromatic heterocycles. The molecule has 0 aliphatic carbocycles. The molecule has 2 nitrogen and oxygen atoms in total. The van der Waals surface area contributed by atoms with E-state index in [1.807, 2.05) is 13.0 Å². The van der Waals surface area contributed by atoms with Crippen molar-refractivity contribution in [2.75, 3.05) is 13.2 Å². The number of benzene rings is 2. The lowest BCUT2D eigenvalue weighted by Crippen LogP contribution is -2.17. The average molecular weight is 316 g/mol. The Morgan fingerprint density at radius 3 is 2.26 bits per heavy atom. The number of hydrogen-bond acceptors (Lipinski definition) is 2. The van der Waals surface area contributed by atoms with E-state index in [-0.39, 0.29) is 11.7 Å². The molecular formula is C20H25FO2. The van der Waals surface area contributed by atoms with E-state index < -0.39 is 0 Å². The lowest BCUT2D eigenvalue weighted by Gasteiger charge is -2.17. The molecule has 0 amide bonds. The van der Waals surface area contributed by atoms with Gasteiger partial charge in [-0.05, 0) is 55.7 Å². The first kappa shape index (κ1) is 17.3. The van der Waals surface area contributed by atoms with E-state index in [0.717, 1.165) is 23.5 Å². The Hall–Kier alpha value is -2.03. The van der Waals surface area contributed by atoms with Crippen LogP contribution in [0.2, 0.25) is 0 Å². The Bertz CT molecular complexity index is 652. The first-order valence-corrected chi connectivity index (χ1v) is 8.11. The summed E-state index contributed by atoms with van der Waals surface area (Å²) in [6.07, 6.45) is 0.955. The lowest BCUT2D eigenvalue weighted by molar-refractivity contribution is 0.186. The van der Waals surface area contributed by atoms with E-state index in [9.17, 15) is 4.39 Å². The van der Waals surface area contributed by atoms with Crippen molar-refractivity contribution in [3.8, 4) is 11.5 Å².